The Bertz CT molecular complexity index is 1180. The molecule has 10 heteroatoms. The van der Waals surface area contributed by atoms with Gasteiger partial charge in [0.1, 0.15) is 18.5 Å². The van der Waals surface area contributed by atoms with E-state index < -0.39 is 12.0 Å². The van der Waals surface area contributed by atoms with Crippen LogP contribution in [0.15, 0.2) is 61.3 Å². The average Bonchev–Trinajstić information content (AvgIpc) is 3.26. The highest BCUT2D eigenvalue weighted by Gasteiger charge is 2.24. The summed E-state index contributed by atoms with van der Waals surface area (Å²) in [4.78, 5) is 29.9. The maximum absolute atomic E-state index is 12.9. The van der Waals surface area contributed by atoms with Gasteiger partial charge in [-0.15, -0.1) is 0 Å². The minimum absolute atomic E-state index is 0.0672. The second-order valence-corrected chi connectivity index (χ2v) is 6.92. The third-order valence-electron chi connectivity index (χ3n) is 4.55. The van der Waals surface area contributed by atoms with Gasteiger partial charge in [0.05, 0.1) is 19.8 Å². The number of nitrogens with one attached hydrogen (secondary N) is 1. The van der Waals surface area contributed by atoms with E-state index >= 15 is 0 Å². The second-order valence-electron chi connectivity index (χ2n) is 6.92. The SMILES string of the molecule is Cc1ccc(NC(=O)[C@H](COCCO)Oc2ncnc3c2ncn3-c2ccccc2)nc1. The topological polar surface area (TPSA) is 124 Å². The Morgan fingerprint density at radius 3 is 2.72 bits per heavy atom. The Labute approximate surface area is 183 Å². The molecule has 4 rings (SSSR count). The molecular formula is C22H22N6O4. The predicted molar refractivity (Wildman–Crippen MR) is 117 cm³/mol. The first-order valence-corrected chi connectivity index (χ1v) is 9.98. The van der Waals surface area contributed by atoms with Gasteiger partial charge in [-0.1, -0.05) is 24.3 Å². The Hall–Kier alpha value is -3.89. The van der Waals surface area contributed by atoms with Gasteiger partial charge in [0.25, 0.3) is 5.91 Å². The average molecular weight is 434 g/mol. The van der Waals surface area contributed by atoms with E-state index in [0.717, 1.165) is 11.3 Å². The van der Waals surface area contributed by atoms with E-state index in [1.165, 1.54) is 6.33 Å². The number of aryl methyl sites for hydroxylation is 1. The van der Waals surface area contributed by atoms with Crippen LogP contribution in [0.25, 0.3) is 16.9 Å². The van der Waals surface area contributed by atoms with Gasteiger partial charge in [-0.3, -0.25) is 9.36 Å². The van der Waals surface area contributed by atoms with E-state index in [-0.39, 0.29) is 25.7 Å². The van der Waals surface area contributed by atoms with Crippen molar-refractivity contribution in [2.75, 3.05) is 25.1 Å². The number of hydrogen-bond acceptors (Lipinski definition) is 8. The molecular weight excluding hydrogens is 412 g/mol. The molecule has 0 saturated heterocycles. The van der Waals surface area contributed by atoms with E-state index in [2.05, 4.69) is 25.3 Å². The molecule has 0 bridgehead atoms. The molecule has 3 heterocycles. The van der Waals surface area contributed by atoms with E-state index in [0.29, 0.717) is 17.0 Å². The molecule has 164 valence electrons. The number of aliphatic hydroxyl groups excluding tert-OH is 1. The number of amides is 1. The third kappa shape index (κ3) is 4.88. The number of benzene rings is 1. The summed E-state index contributed by atoms with van der Waals surface area (Å²) in [6.07, 6.45) is 3.57. The number of carbonyl (C=O) groups excluding carboxylic acids is 1. The Morgan fingerprint density at radius 2 is 1.97 bits per heavy atom. The summed E-state index contributed by atoms with van der Waals surface area (Å²) in [6, 6.07) is 13.1. The number of para-hydroxylation sites is 1. The highest BCUT2D eigenvalue weighted by molar-refractivity contribution is 5.94. The number of carbonyl (C=O) groups is 1. The number of aliphatic hydroxyl groups is 1. The molecule has 1 aromatic carbocycles. The number of fused-ring (bicyclic) bond motifs is 1. The summed E-state index contributed by atoms with van der Waals surface area (Å²) in [7, 11) is 0. The van der Waals surface area contributed by atoms with Crippen molar-refractivity contribution in [2.24, 2.45) is 0 Å². The fourth-order valence-corrected chi connectivity index (χ4v) is 2.98. The summed E-state index contributed by atoms with van der Waals surface area (Å²) in [5.74, 6) is 0.0698. The maximum Gasteiger partial charge on any atom is 0.269 e. The standard InChI is InChI=1S/C22H22N6O4/c1-15-7-8-18(23-11-15)27-21(30)17(12-31-10-9-29)32-22-19-20(24-13-25-22)28(14-26-19)16-5-3-2-4-6-16/h2-8,11,13-14,17,29H,9-10,12H2,1H3,(H,23,27,30)/t17-/m0/s1. The van der Waals surface area contributed by atoms with Crippen molar-refractivity contribution in [2.45, 2.75) is 13.0 Å². The fourth-order valence-electron chi connectivity index (χ4n) is 2.98. The molecule has 0 saturated carbocycles. The van der Waals surface area contributed by atoms with Crippen molar-refractivity contribution < 1.29 is 19.4 Å². The highest BCUT2D eigenvalue weighted by Crippen LogP contribution is 2.23. The smallest absolute Gasteiger partial charge is 0.269 e. The van der Waals surface area contributed by atoms with Crippen LogP contribution in [-0.2, 0) is 9.53 Å². The molecule has 32 heavy (non-hydrogen) atoms. The number of hydrogen-bond donors (Lipinski definition) is 2. The van der Waals surface area contributed by atoms with Crippen LogP contribution in [0.4, 0.5) is 5.82 Å². The van der Waals surface area contributed by atoms with E-state index in [4.69, 9.17) is 14.6 Å². The van der Waals surface area contributed by atoms with Crippen LogP contribution in [-0.4, -0.2) is 61.4 Å². The molecule has 0 fully saturated rings. The van der Waals surface area contributed by atoms with Crippen molar-refractivity contribution >= 4 is 22.9 Å². The lowest BCUT2D eigenvalue weighted by Crippen LogP contribution is -2.37. The number of anilines is 1. The van der Waals surface area contributed by atoms with Gasteiger partial charge in [0.15, 0.2) is 11.2 Å². The number of imidazole rings is 1. The first-order chi connectivity index (χ1) is 15.7. The molecule has 10 nitrogen and oxygen atoms in total. The number of pyridine rings is 1. The van der Waals surface area contributed by atoms with Gasteiger partial charge in [-0.25, -0.2) is 15.0 Å². The van der Waals surface area contributed by atoms with Gasteiger partial charge >= 0.3 is 0 Å². The van der Waals surface area contributed by atoms with Crippen molar-refractivity contribution in [3.63, 3.8) is 0 Å². The molecule has 0 aliphatic carbocycles. The summed E-state index contributed by atoms with van der Waals surface area (Å²) in [5.41, 5.74) is 2.80. The summed E-state index contributed by atoms with van der Waals surface area (Å²) < 4.78 is 13.1. The zero-order valence-electron chi connectivity index (χ0n) is 17.4. The molecule has 2 N–H and O–H groups in total. The lowest BCUT2D eigenvalue weighted by atomic mass is 10.3. The molecule has 0 unspecified atom stereocenters. The molecule has 0 aliphatic rings. The van der Waals surface area contributed by atoms with Crippen LogP contribution in [0.3, 0.4) is 0 Å². The predicted octanol–water partition coefficient (Wildman–Crippen LogP) is 1.91. The van der Waals surface area contributed by atoms with Crippen LogP contribution in [0.5, 0.6) is 5.88 Å². The zero-order valence-corrected chi connectivity index (χ0v) is 17.4. The Balaban J connectivity index is 1.59. The summed E-state index contributed by atoms with van der Waals surface area (Å²) in [6.45, 7) is 1.70. The molecule has 0 spiro atoms. The van der Waals surface area contributed by atoms with E-state index in [9.17, 15) is 4.79 Å². The van der Waals surface area contributed by atoms with Crippen LogP contribution in [0, 0.1) is 6.92 Å². The van der Waals surface area contributed by atoms with Crippen LogP contribution in [0.2, 0.25) is 0 Å². The maximum atomic E-state index is 12.9. The molecule has 0 aliphatic heterocycles. The number of nitrogens with zero attached hydrogens (tertiary/aromatic N) is 5. The second kappa shape index (κ2) is 9.94. The number of ether oxygens (including phenoxy) is 2. The lowest BCUT2D eigenvalue weighted by Gasteiger charge is -2.18. The molecule has 1 amide bonds. The minimum Gasteiger partial charge on any atom is -0.460 e. The van der Waals surface area contributed by atoms with Crippen LogP contribution >= 0.6 is 0 Å². The fraction of sp³-hybridized carbons (Fsp3) is 0.227. The Morgan fingerprint density at radius 1 is 1.12 bits per heavy atom. The molecule has 4 aromatic rings. The molecule has 3 aromatic heterocycles. The van der Waals surface area contributed by atoms with Crippen molar-refractivity contribution in [3.8, 4) is 11.6 Å². The van der Waals surface area contributed by atoms with Gasteiger partial charge in [-0.2, -0.15) is 4.98 Å². The van der Waals surface area contributed by atoms with Crippen molar-refractivity contribution in [3.05, 3.63) is 66.9 Å². The van der Waals surface area contributed by atoms with Crippen LogP contribution < -0.4 is 10.1 Å². The first-order valence-electron chi connectivity index (χ1n) is 9.98. The summed E-state index contributed by atoms with van der Waals surface area (Å²) >= 11 is 0. The van der Waals surface area contributed by atoms with E-state index in [1.54, 1.807) is 23.2 Å². The highest BCUT2D eigenvalue weighted by atomic mass is 16.5. The minimum atomic E-state index is -1.05. The van der Waals surface area contributed by atoms with Gasteiger partial charge in [0, 0.05) is 11.9 Å². The van der Waals surface area contributed by atoms with Gasteiger partial charge in [0.2, 0.25) is 12.0 Å². The monoisotopic (exact) mass is 434 g/mol. The number of rotatable bonds is 9. The quantitative estimate of drug-likeness (QED) is 0.383. The molecule has 1 atom stereocenters. The van der Waals surface area contributed by atoms with Crippen LogP contribution in [0.1, 0.15) is 5.56 Å². The Kier molecular flexibility index (Phi) is 6.63. The van der Waals surface area contributed by atoms with Gasteiger partial charge < -0.3 is 19.9 Å². The molecule has 0 radical (unpaired) electrons. The van der Waals surface area contributed by atoms with Crippen molar-refractivity contribution in [1.29, 1.82) is 0 Å². The van der Waals surface area contributed by atoms with Gasteiger partial charge in [-0.05, 0) is 30.7 Å². The first kappa shape index (κ1) is 21.3. The lowest BCUT2D eigenvalue weighted by molar-refractivity contribution is -0.125. The zero-order chi connectivity index (χ0) is 22.3. The summed E-state index contributed by atoms with van der Waals surface area (Å²) in [5, 5.41) is 11.7. The third-order valence-corrected chi connectivity index (χ3v) is 4.55. The van der Waals surface area contributed by atoms with E-state index in [1.807, 2.05) is 43.3 Å². The largest absolute Gasteiger partial charge is 0.460 e. The van der Waals surface area contributed by atoms with Crippen molar-refractivity contribution in [1.82, 2.24) is 24.5 Å². The normalized spacial score (nSPS) is 11.9. The number of aromatic nitrogens is 5.